The largest absolute Gasteiger partial charge is 0.395 e. The zero-order chi connectivity index (χ0) is 9.84. The van der Waals surface area contributed by atoms with E-state index in [4.69, 9.17) is 5.26 Å². The van der Waals surface area contributed by atoms with Gasteiger partial charge < -0.3 is 5.11 Å². The molecule has 0 amide bonds. The van der Waals surface area contributed by atoms with Gasteiger partial charge in [0.1, 0.15) is 0 Å². The average Bonchev–Trinajstić information content (AvgIpc) is 2.37. The third kappa shape index (κ3) is 2.20. The van der Waals surface area contributed by atoms with Gasteiger partial charge in [-0.3, -0.25) is 4.90 Å². The quantitative estimate of drug-likeness (QED) is 0.708. The number of likely N-dealkylation sites (tertiary alicyclic amines) is 1. The lowest BCUT2D eigenvalue weighted by Crippen LogP contribution is -2.39. The van der Waals surface area contributed by atoms with Gasteiger partial charge in [0.2, 0.25) is 0 Å². The second kappa shape index (κ2) is 4.59. The van der Waals surface area contributed by atoms with E-state index < -0.39 is 0 Å². The molecule has 1 saturated heterocycles. The summed E-state index contributed by atoms with van der Waals surface area (Å²) in [6.45, 7) is 5.36. The van der Waals surface area contributed by atoms with Crippen LogP contribution in [-0.4, -0.2) is 35.2 Å². The van der Waals surface area contributed by atoms with Crippen LogP contribution in [-0.2, 0) is 0 Å². The van der Waals surface area contributed by atoms with E-state index in [1.165, 1.54) is 0 Å². The zero-order valence-electron chi connectivity index (χ0n) is 8.40. The van der Waals surface area contributed by atoms with Crippen LogP contribution in [0.25, 0.3) is 0 Å². The Hall–Kier alpha value is -0.590. The number of hydrogen-bond acceptors (Lipinski definition) is 3. The molecule has 3 nitrogen and oxygen atoms in total. The molecule has 0 saturated carbocycles. The maximum absolute atomic E-state index is 9.20. The molecule has 1 aliphatic rings. The number of nitriles is 1. The Morgan fingerprint density at radius 3 is 2.77 bits per heavy atom. The first-order valence-electron chi connectivity index (χ1n) is 4.94. The summed E-state index contributed by atoms with van der Waals surface area (Å²) in [7, 11) is 0. The van der Waals surface area contributed by atoms with E-state index in [1.807, 2.05) is 0 Å². The normalized spacial score (nSPS) is 34.8. The van der Waals surface area contributed by atoms with Crippen molar-refractivity contribution >= 4 is 0 Å². The van der Waals surface area contributed by atoms with Crippen molar-refractivity contribution in [2.75, 3.05) is 13.2 Å². The van der Waals surface area contributed by atoms with Gasteiger partial charge in [-0.1, -0.05) is 6.92 Å². The van der Waals surface area contributed by atoms with Crippen LogP contribution in [0.15, 0.2) is 0 Å². The molecule has 1 aliphatic heterocycles. The number of hydrogen-bond donors (Lipinski definition) is 1. The lowest BCUT2D eigenvalue weighted by atomic mass is 10.0. The lowest BCUT2D eigenvalue weighted by molar-refractivity contribution is 0.122. The molecule has 0 aromatic carbocycles. The summed E-state index contributed by atoms with van der Waals surface area (Å²) < 4.78 is 0. The minimum Gasteiger partial charge on any atom is -0.395 e. The standard InChI is InChI=1S/C10H18N2O/c1-8-6-9(2)12(5-3-4-11)10(8)7-13/h8-10,13H,3,5-7H2,1-2H3. The third-order valence-electron chi connectivity index (χ3n) is 3.03. The third-order valence-corrected chi connectivity index (χ3v) is 3.03. The summed E-state index contributed by atoms with van der Waals surface area (Å²) in [6.07, 6.45) is 1.70. The van der Waals surface area contributed by atoms with Gasteiger partial charge in [-0.2, -0.15) is 5.26 Å². The van der Waals surface area contributed by atoms with Crippen molar-refractivity contribution in [2.45, 2.75) is 38.8 Å². The zero-order valence-corrected chi connectivity index (χ0v) is 8.40. The number of aliphatic hydroxyl groups excluding tert-OH is 1. The summed E-state index contributed by atoms with van der Waals surface area (Å²) >= 11 is 0. The number of aliphatic hydroxyl groups is 1. The van der Waals surface area contributed by atoms with Gasteiger partial charge in [0.25, 0.3) is 0 Å². The van der Waals surface area contributed by atoms with Crippen LogP contribution in [0.2, 0.25) is 0 Å². The van der Waals surface area contributed by atoms with E-state index in [0.29, 0.717) is 18.4 Å². The van der Waals surface area contributed by atoms with Gasteiger partial charge in [0.05, 0.1) is 12.7 Å². The van der Waals surface area contributed by atoms with Crippen LogP contribution in [0, 0.1) is 17.2 Å². The van der Waals surface area contributed by atoms with E-state index in [1.54, 1.807) is 0 Å². The minimum absolute atomic E-state index is 0.219. The van der Waals surface area contributed by atoms with E-state index in [0.717, 1.165) is 13.0 Å². The second-order valence-electron chi connectivity index (χ2n) is 3.96. The van der Waals surface area contributed by atoms with Crippen LogP contribution < -0.4 is 0 Å². The molecule has 3 atom stereocenters. The van der Waals surface area contributed by atoms with E-state index in [2.05, 4.69) is 24.8 Å². The molecule has 3 unspecified atom stereocenters. The summed E-state index contributed by atoms with van der Waals surface area (Å²) in [4.78, 5) is 2.26. The predicted octanol–water partition coefficient (Wildman–Crippen LogP) is 0.991. The molecule has 0 aromatic rings. The molecule has 0 bridgehead atoms. The first-order chi connectivity index (χ1) is 6.20. The summed E-state index contributed by atoms with van der Waals surface area (Å²) in [5.74, 6) is 0.554. The van der Waals surface area contributed by atoms with Crippen molar-refractivity contribution in [1.82, 2.24) is 4.90 Å². The molecule has 3 heteroatoms. The molecule has 74 valence electrons. The Kier molecular flexibility index (Phi) is 3.71. The predicted molar refractivity (Wildman–Crippen MR) is 51.1 cm³/mol. The Labute approximate surface area is 80.0 Å². The highest BCUT2D eigenvalue weighted by Crippen LogP contribution is 2.28. The van der Waals surface area contributed by atoms with E-state index in [-0.39, 0.29) is 12.6 Å². The van der Waals surface area contributed by atoms with Crippen molar-refractivity contribution < 1.29 is 5.11 Å². The molecule has 0 radical (unpaired) electrons. The summed E-state index contributed by atoms with van der Waals surface area (Å²) in [6, 6.07) is 2.93. The van der Waals surface area contributed by atoms with Crippen LogP contribution in [0.5, 0.6) is 0 Å². The molecule has 1 N–H and O–H groups in total. The molecule has 0 spiro atoms. The molecular weight excluding hydrogens is 164 g/mol. The van der Waals surface area contributed by atoms with Crippen LogP contribution in [0.4, 0.5) is 0 Å². The Morgan fingerprint density at radius 2 is 2.23 bits per heavy atom. The summed E-state index contributed by atoms with van der Waals surface area (Å²) in [5.41, 5.74) is 0. The molecule has 1 rings (SSSR count). The van der Waals surface area contributed by atoms with Gasteiger partial charge in [-0.25, -0.2) is 0 Å². The maximum atomic E-state index is 9.20. The molecule has 0 aliphatic carbocycles. The van der Waals surface area contributed by atoms with Crippen molar-refractivity contribution in [3.63, 3.8) is 0 Å². The Balaban J connectivity index is 2.54. The lowest BCUT2D eigenvalue weighted by Gasteiger charge is -2.27. The average molecular weight is 182 g/mol. The SMILES string of the molecule is CC1CC(C)N(CCC#N)C1CO. The van der Waals surface area contributed by atoms with Gasteiger partial charge >= 0.3 is 0 Å². The van der Waals surface area contributed by atoms with Crippen LogP contribution >= 0.6 is 0 Å². The van der Waals surface area contributed by atoms with Crippen molar-refractivity contribution in [1.29, 1.82) is 5.26 Å². The Morgan fingerprint density at radius 1 is 1.54 bits per heavy atom. The fraction of sp³-hybridized carbons (Fsp3) is 0.900. The van der Waals surface area contributed by atoms with Crippen LogP contribution in [0.3, 0.4) is 0 Å². The molecule has 13 heavy (non-hydrogen) atoms. The molecule has 0 aromatic heterocycles. The van der Waals surface area contributed by atoms with Crippen LogP contribution in [0.1, 0.15) is 26.7 Å². The number of rotatable bonds is 3. The first kappa shape index (κ1) is 10.5. The van der Waals surface area contributed by atoms with E-state index >= 15 is 0 Å². The highest BCUT2D eigenvalue weighted by Gasteiger charge is 2.35. The highest BCUT2D eigenvalue weighted by molar-refractivity contribution is 4.90. The Bertz CT molecular complexity index is 200. The van der Waals surface area contributed by atoms with Gasteiger partial charge in [0, 0.05) is 25.0 Å². The van der Waals surface area contributed by atoms with Gasteiger partial charge in [0.15, 0.2) is 0 Å². The van der Waals surface area contributed by atoms with Crippen molar-refractivity contribution in [2.24, 2.45) is 5.92 Å². The highest BCUT2D eigenvalue weighted by atomic mass is 16.3. The van der Waals surface area contributed by atoms with Gasteiger partial charge in [-0.15, -0.1) is 0 Å². The van der Waals surface area contributed by atoms with E-state index in [9.17, 15) is 5.11 Å². The van der Waals surface area contributed by atoms with Gasteiger partial charge in [-0.05, 0) is 19.3 Å². The maximum Gasteiger partial charge on any atom is 0.0635 e. The smallest absolute Gasteiger partial charge is 0.0635 e. The second-order valence-corrected chi connectivity index (χ2v) is 3.96. The molecule has 1 fully saturated rings. The summed E-state index contributed by atoms with van der Waals surface area (Å²) in [5, 5.41) is 17.7. The first-order valence-corrected chi connectivity index (χ1v) is 4.94. The minimum atomic E-state index is 0.219. The number of nitrogens with zero attached hydrogens (tertiary/aromatic N) is 2. The van der Waals surface area contributed by atoms with Crippen molar-refractivity contribution in [3.05, 3.63) is 0 Å². The fourth-order valence-electron chi connectivity index (χ4n) is 2.33. The fourth-order valence-corrected chi connectivity index (χ4v) is 2.33. The topological polar surface area (TPSA) is 47.3 Å². The van der Waals surface area contributed by atoms with Crippen molar-refractivity contribution in [3.8, 4) is 6.07 Å². The monoisotopic (exact) mass is 182 g/mol. The molecule has 1 heterocycles. The molecular formula is C10H18N2O.